The van der Waals surface area contributed by atoms with E-state index in [1.54, 1.807) is 13.2 Å². The smallest absolute Gasteiger partial charge is 0.321 e. The highest BCUT2D eigenvalue weighted by Crippen LogP contribution is 2.36. The van der Waals surface area contributed by atoms with Gasteiger partial charge >= 0.3 is 6.03 Å². The van der Waals surface area contributed by atoms with Crippen LogP contribution < -0.4 is 20.5 Å². The van der Waals surface area contributed by atoms with Crippen LogP contribution in [0.2, 0.25) is 0 Å². The summed E-state index contributed by atoms with van der Waals surface area (Å²) in [5.41, 5.74) is 6.00. The number of carbonyl (C=O) groups excluding carboxylic acids is 2. The van der Waals surface area contributed by atoms with Crippen LogP contribution in [0.25, 0.3) is 0 Å². The number of nitrogens with one attached hydrogen (secondary N) is 1. The molecular formula is C23H34N4O5. The molecule has 3 N–H and O–H groups in total. The topological polar surface area (TPSA) is 106 Å². The largest absolute Gasteiger partial charge is 0.486 e. The number of ether oxygens (including phenoxy) is 3. The highest BCUT2D eigenvalue weighted by Gasteiger charge is 2.42. The van der Waals surface area contributed by atoms with Gasteiger partial charge in [-0.3, -0.25) is 9.69 Å². The zero-order valence-corrected chi connectivity index (χ0v) is 18.8. The molecule has 2 fully saturated rings. The lowest BCUT2D eigenvalue weighted by atomic mass is 9.76. The van der Waals surface area contributed by atoms with Crippen LogP contribution in [-0.4, -0.2) is 80.9 Å². The normalized spacial score (nSPS) is 24.2. The Morgan fingerprint density at radius 2 is 1.94 bits per heavy atom. The van der Waals surface area contributed by atoms with E-state index in [2.05, 4.69) is 10.2 Å². The summed E-state index contributed by atoms with van der Waals surface area (Å²) < 4.78 is 16.4. The number of benzene rings is 1. The summed E-state index contributed by atoms with van der Waals surface area (Å²) in [5.74, 6) is 1.13. The molecule has 1 atom stereocenters. The molecule has 3 heterocycles. The molecule has 9 heteroatoms. The Morgan fingerprint density at radius 3 is 2.66 bits per heavy atom. The van der Waals surface area contributed by atoms with Gasteiger partial charge in [0.2, 0.25) is 5.91 Å². The number of likely N-dealkylation sites (tertiary alicyclic amines) is 2. The van der Waals surface area contributed by atoms with Gasteiger partial charge in [0, 0.05) is 51.1 Å². The molecule has 3 aliphatic heterocycles. The molecule has 4 rings (SSSR count). The Labute approximate surface area is 189 Å². The van der Waals surface area contributed by atoms with Crippen LogP contribution in [-0.2, 0) is 9.53 Å². The number of fused-ring (bicyclic) bond motifs is 1. The van der Waals surface area contributed by atoms with Crippen molar-refractivity contribution in [2.45, 2.75) is 38.1 Å². The molecule has 32 heavy (non-hydrogen) atoms. The van der Waals surface area contributed by atoms with Gasteiger partial charge in [0.1, 0.15) is 13.2 Å². The predicted molar refractivity (Wildman–Crippen MR) is 120 cm³/mol. The Bertz CT molecular complexity index is 827. The summed E-state index contributed by atoms with van der Waals surface area (Å²) in [6.07, 6.45) is 4.20. The van der Waals surface area contributed by atoms with Gasteiger partial charge in [0.05, 0.1) is 5.41 Å². The van der Waals surface area contributed by atoms with Crippen molar-refractivity contribution >= 4 is 17.6 Å². The molecule has 0 aliphatic carbocycles. The van der Waals surface area contributed by atoms with E-state index in [1.807, 2.05) is 17.0 Å². The highest BCUT2D eigenvalue weighted by atomic mass is 16.6. The molecule has 1 aromatic carbocycles. The number of urea groups is 1. The first-order chi connectivity index (χ1) is 15.5. The van der Waals surface area contributed by atoms with E-state index in [-0.39, 0.29) is 11.9 Å². The molecule has 0 aromatic heterocycles. The summed E-state index contributed by atoms with van der Waals surface area (Å²) in [5, 5.41) is 2.97. The number of carbonyl (C=O) groups is 2. The molecule has 3 aliphatic rings. The van der Waals surface area contributed by atoms with Crippen LogP contribution in [0.15, 0.2) is 18.2 Å². The van der Waals surface area contributed by atoms with Gasteiger partial charge in [-0.05, 0) is 50.8 Å². The zero-order chi connectivity index (χ0) is 22.6. The van der Waals surface area contributed by atoms with Crippen molar-refractivity contribution in [3.05, 3.63) is 18.2 Å². The van der Waals surface area contributed by atoms with Crippen LogP contribution >= 0.6 is 0 Å². The maximum absolute atomic E-state index is 12.8. The third-order valence-electron chi connectivity index (χ3n) is 6.98. The second-order valence-corrected chi connectivity index (χ2v) is 8.97. The number of primary amides is 1. The SMILES string of the molecule is COCCC1(C(N)=O)CCCN(C2CCN(C(=O)Nc3ccc4c(c3)OCCO4)CC2)C1. The van der Waals surface area contributed by atoms with Crippen LogP contribution in [0.3, 0.4) is 0 Å². The van der Waals surface area contributed by atoms with E-state index in [9.17, 15) is 9.59 Å². The minimum Gasteiger partial charge on any atom is -0.486 e. The van der Waals surface area contributed by atoms with Crippen molar-refractivity contribution in [3.63, 3.8) is 0 Å². The van der Waals surface area contributed by atoms with Crippen molar-refractivity contribution in [1.29, 1.82) is 0 Å². The molecule has 9 nitrogen and oxygen atoms in total. The second kappa shape index (κ2) is 9.95. The van der Waals surface area contributed by atoms with Crippen LogP contribution in [0, 0.1) is 5.41 Å². The Balaban J connectivity index is 1.30. The number of amides is 3. The number of rotatable bonds is 6. The lowest BCUT2D eigenvalue weighted by Gasteiger charge is -2.46. The van der Waals surface area contributed by atoms with Crippen molar-refractivity contribution in [2.24, 2.45) is 11.1 Å². The van der Waals surface area contributed by atoms with Crippen molar-refractivity contribution in [2.75, 3.05) is 58.4 Å². The number of methoxy groups -OCH3 is 1. The third-order valence-corrected chi connectivity index (χ3v) is 6.98. The molecule has 1 unspecified atom stereocenters. The third kappa shape index (κ3) is 4.94. The van der Waals surface area contributed by atoms with E-state index in [4.69, 9.17) is 19.9 Å². The summed E-state index contributed by atoms with van der Waals surface area (Å²) in [4.78, 5) is 29.3. The number of hydrogen-bond acceptors (Lipinski definition) is 6. The summed E-state index contributed by atoms with van der Waals surface area (Å²) in [7, 11) is 1.65. The molecule has 2 saturated heterocycles. The lowest BCUT2D eigenvalue weighted by Crippen LogP contribution is -2.56. The fraction of sp³-hybridized carbons (Fsp3) is 0.652. The van der Waals surface area contributed by atoms with Gasteiger partial charge in [-0.15, -0.1) is 0 Å². The molecule has 0 bridgehead atoms. The Kier molecular flexibility index (Phi) is 7.05. The molecule has 0 radical (unpaired) electrons. The molecule has 0 spiro atoms. The maximum Gasteiger partial charge on any atom is 0.321 e. The number of nitrogens with zero attached hydrogens (tertiary/aromatic N) is 2. The van der Waals surface area contributed by atoms with Crippen molar-refractivity contribution < 1.29 is 23.8 Å². The lowest BCUT2D eigenvalue weighted by molar-refractivity contribution is -0.133. The van der Waals surface area contributed by atoms with E-state index in [1.165, 1.54) is 0 Å². The van der Waals surface area contributed by atoms with E-state index in [0.29, 0.717) is 69.1 Å². The molecular weight excluding hydrogens is 412 g/mol. The number of piperidine rings is 2. The van der Waals surface area contributed by atoms with Gasteiger partial charge in [0.25, 0.3) is 0 Å². The highest BCUT2D eigenvalue weighted by molar-refractivity contribution is 5.89. The van der Waals surface area contributed by atoms with Crippen LogP contribution in [0.4, 0.5) is 10.5 Å². The minimum absolute atomic E-state index is 0.106. The average molecular weight is 447 g/mol. The zero-order valence-electron chi connectivity index (χ0n) is 18.8. The average Bonchev–Trinajstić information content (AvgIpc) is 2.83. The van der Waals surface area contributed by atoms with E-state index < -0.39 is 5.41 Å². The van der Waals surface area contributed by atoms with Gasteiger partial charge in [-0.25, -0.2) is 4.79 Å². The Hall–Kier alpha value is -2.52. The number of nitrogens with two attached hydrogens (primary N) is 1. The van der Waals surface area contributed by atoms with E-state index in [0.717, 1.165) is 32.2 Å². The van der Waals surface area contributed by atoms with Crippen LogP contribution in [0.1, 0.15) is 32.1 Å². The quantitative estimate of drug-likeness (QED) is 0.693. The first-order valence-electron chi connectivity index (χ1n) is 11.5. The minimum atomic E-state index is -0.513. The van der Waals surface area contributed by atoms with Crippen LogP contribution in [0.5, 0.6) is 11.5 Å². The van der Waals surface area contributed by atoms with Gasteiger partial charge in [-0.2, -0.15) is 0 Å². The first-order valence-corrected chi connectivity index (χ1v) is 11.5. The summed E-state index contributed by atoms with van der Waals surface area (Å²) >= 11 is 0. The predicted octanol–water partition coefficient (Wildman–Crippen LogP) is 2.06. The summed E-state index contributed by atoms with van der Waals surface area (Å²) in [6.45, 7) is 4.60. The molecule has 1 aromatic rings. The number of hydrogen-bond donors (Lipinski definition) is 2. The standard InChI is InChI=1S/C23H34N4O5/c1-30-12-8-23(21(24)28)7-2-9-27(16-23)18-5-10-26(11-6-18)22(29)25-17-3-4-19-20(15-17)32-14-13-31-19/h3-4,15,18H,2,5-14,16H2,1H3,(H2,24,28)(H,25,29). The van der Waals surface area contributed by atoms with Gasteiger partial charge in [0.15, 0.2) is 11.5 Å². The van der Waals surface area contributed by atoms with Gasteiger partial charge in [-0.1, -0.05) is 0 Å². The fourth-order valence-corrected chi connectivity index (χ4v) is 5.06. The maximum atomic E-state index is 12.8. The Morgan fingerprint density at radius 1 is 1.19 bits per heavy atom. The number of anilines is 1. The van der Waals surface area contributed by atoms with Gasteiger partial charge < -0.3 is 30.2 Å². The fourth-order valence-electron chi connectivity index (χ4n) is 5.06. The monoisotopic (exact) mass is 446 g/mol. The van der Waals surface area contributed by atoms with E-state index >= 15 is 0 Å². The van der Waals surface area contributed by atoms with Crippen molar-refractivity contribution in [3.8, 4) is 11.5 Å². The molecule has 176 valence electrons. The summed E-state index contributed by atoms with van der Waals surface area (Å²) in [6, 6.07) is 5.70. The van der Waals surface area contributed by atoms with Crippen molar-refractivity contribution in [1.82, 2.24) is 9.80 Å². The second-order valence-electron chi connectivity index (χ2n) is 8.97. The first kappa shape index (κ1) is 22.7. The molecule has 0 saturated carbocycles. The molecule has 3 amide bonds.